The van der Waals surface area contributed by atoms with E-state index in [0.717, 1.165) is 27.5 Å². The summed E-state index contributed by atoms with van der Waals surface area (Å²) in [6, 6.07) is 55.4. The molecular formula is C52H31ClN4S. The normalized spacial score (nSPS) is 13.6. The fourth-order valence-corrected chi connectivity index (χ4v) is 11.3. The van der Waals surface area contributed by atoms with Crippen LogP contribution in [0.4, 0.5) is 0 Å². The van der Waals surface area contributed by atoms with Crippen molar-refractivity contribution in [1.29, 1.82) is 0 Å². The Bertz CT molecular complexity index is 3630. The highest BCUT2D eigenvalue weighted by atomic mass is 35.5. The van der Waals surface area contributed by atoms with Crippen molar-refractivity contribution in [2.24, 2.45) is 0 Å². The van der Waals surface area contributed by atoms with Crippen molar-refractivity contribution >= 4 is 75.7 Å². The van der Waals surface area contributed by atoms with Crippen LogP contribution in [-0.4, -0.2) is 19.5 Å². The first-order valence-corrected chi connectivity index (χ1v) is 20.8. The molecule has 2 aliphatic rings. The van der Waals surface area contributed by atoms with Crippen molar-refractivity contribution in [3.8, 4) is 61.8 Å². The summed E-state index contributed by atoms with van der Waals surface area (Å²) in [6.45, 7) is 4.75. The van der Waals surface area contributed by atoms with Crippen LogP contribution in [-0.2, 0) is 5.41 Å². The molecule has 0 fully saturated rings. The van der Waals surface area contributed by atoms with Crippen LogP contribution in [0, 0.1) is 0 Å². The maximum Gasteiger partial charge on any atom is 0.226 e. The van der Waals surface area contributed by atoms with Crippen molar-refractivity contribution in [2.75, 3.05) is 0 Å². The number of halogens is 1. The molecule has 0 radical (unpaired) electrons. The van der Waals surface area contributed by atoms with E-state index in [-0.39, 0.29) is 10.7 Å². The summed E-state index contributed by atoms with van der Waals surface area (Å²) in [7, 11) is 0. The molecule has 1 aliphatic carbocycles. The molecule has 58 heavy (non-hydrogen) atoms. The Balaban J connectivity index is 0.999. The van der Waals surface area contributed by atoms with E-state index in [1.165, 1.54) is 86.6 Å². The smallest absolute Gasteiger partial charge is 0.226 e. The van der Waals surface area contributed by atoms with Gasteiger partial charge in [-0.1, -0.05) is 123 Å². The number of para-hydroxylation sites is 2. The standard InChI is InChI=1S/C52H31ClN4S/c1-52(2)40-14-8-12-36-37-13-7-11-33(47(37)57-42-15-5-3-9-34(42)38-22-23-41(52)46(45(36)40)48(38)57)29-19-17-28-18-20-30(26-32(28)25-29)49-54-50(56-51(53)55-49)31-21-24-44-39(27-31)35-10-4-6-16-43(35)58-44/h3-27H,1-2H3. The van der Waals surface area contributed by atoms with Gasteiger partial charge in [0.05, 0.1) is 16.7 Å². The molecule has 4 heterocycles. The van der Waals surface area contributed by atoms with Crippen molar-refractivity contribution < 1.29 is 0 Å². The summed E-state index contributed by atoms with van der Waals surface area (Å²) in [5.41, 5.74) is 15.8. The van der Waals surface area contributed by atoms with Gasteiger partial charge in [0.25, 0.3) is 0 Å². The Kier molecular flexibility index (Phi) is 6.42. The highest BCUT2D eigenvalue weighted by molar-refractivity contribution is 7.25. The first kappa shape index (κ1) is 32.4. The second kappa shape index (κ2) is 11.5. The van der Waals surface area contributed by atoms with Crippen LogP contribution in [0.15, 0.2) is 152 Å². The summed E-state index contributed by atoms with van der Waals surface area (Å²) in [5, 5.41) is 7.39. The van der Waals surface area contributed by atoms with E-state index in [2.05, 4.69) is 180 Å². The molecule has 0 atom stereocenters. The maximum absolute atomic E-state index is 6.65. The summed E-state index contributed by atoms with van der Waals surface area (Å²) in [4.78, 5) is 14.2. The van der Waals surface area contributed by atoms with Crippen LogP contribution in [0.1, 0.15) is 25.0 Å². The molecule has 0 saturated carbocycles. The van der Waals surface area contributed by atoms with Crippen LogP contribution < -0.4 is 0 Å². The van der Waals surface area contributed by atoms with Gasteiger partial charge in [0.1, 0.15) is 0 Å². The van der Waals surface area contributed by atoms with Gasteiger partial charge in [0.15, 0.2) is 11.6 Å². The van der Waals surface area contributed by atoms with E-state index in [9.17, 15) is 0 Å². The number of benzene rings is 8. The van der Waals surface area contributed by atoms with E-state index in [4.69, 9.17) is 16.6 Å². The van der Waals surface area contributed by atoms with E-state index >= 15 is 0 Å². The number of fused-ring (bicyclic) bond motifs is 10. The number of hydrogen-bond donors (Lipinski definition) is 0. The quantitative estimate of drug-likeness (QED) is 0.179. The molecular weight excluding hydrogens is 748 g/mol. The monoisotopic (exact) mass is 778 g/mol. The SMILES string of the molecule is CC1(C)c2cccc3c2-c2c1ccc1c4ccccc4n(c21)-c1c(-c2ccc4ccc(-c5nc(Cl)nc(-c6ccc7sc8ccccc8c7c6)n5)cc4c2)cccc1-3. The zero-order valence-corrected chi connectivity index (χ0v) is 33.1. The molecule has 0 saturated heterocycles. The lowest BCUT2D eigenvalue weighted by Crippen LogP contribution is -2.15. The molecule has 1 aliphatic heterocycles. The van der Waals surface area contributed by atoms with Crippen molar-refractivity contribution in [2.45, 2.75) is 19.3 Å². The first-order chi connectivity index (χ1) is 28.4. The lowest BCUT2D eigenvalue weighted by molar-refractivity contribution is 0.661. The van der Waals surface area contributed by atoms with Gasteiger partial charge in [-0.15, -0.1) is 11.3 Å². The minimum absolute atomic E-state index is 0.0999. The largest absolute Gasteiger partial charge is 0.307 e. The summed E-state index contributed by atoms with van der Waals surface area (Å²) in [6.07, 6.45) is 0. The van der Waals surface area contributed by atoms with Crippen LogP contribution in [0.3, 0.4) is 0 Å². The fraction of sp³-hybridized carbons (Fsp3) is 0.0577. The highest BCUT2D eigenvalue weighted by Gasteiger charge is 2.41. The number of rotatable bonds is 3. The summed E-state index contributed by atoms with van der Waals surface area (Å²) < 4.78 is 5.05. The predicted octanol–water partition coefficient (Wildman–Crippen LogP) is 14.4. The van der Waals surface area contributed by atoms with E-state index < -0.39 is 0 Å². The van der Waals surface area contributed by atoms with Crippen molar-refractivity contribution in [3.05, 3.63) is 168 Å². The Morgan fingerprint density at radius 3 is 2.05 bits per heavy atom. The molecule has 11 aromatic rings. The number of nitrogens with zero attached hydrogens (tertiary/aromatic N) is 4. The average molecular weight is 779 g/mol. The lowest BCUT2D eigenvalue weighted by Gasteiger charge is -2.23. The van der Waals surface area contributed by atoms with Crippen LogP contribution in [0.25, 0.3) is 115 Å². The van der Waals surface area contributed by atoms with Crippen LogP contribution in [0.5, 0.6) is 0 Å². The van der Waals surface area contributed by atoms with Gasteiger partial charge < -0.3 is 4.57 Å². The third-order valence-corrected chi connectivity index (χ3v) is 14.0. The van der Waals surface area contributed by atoms with Gasteiger partial charge in [-0.05, 0) is 92.7 Å². The van der Waals surface area contributed by atoms with Crippen LogP contribution >= 0.6 is 22.9 Å². The number of thiophene rings is 1. The van der Waals surface area contributed by atoms with E-state index in [1.54, 1.807) is 11.3 Å². The minimum atomic E-state index is -0.0999. The van der Waals surface area contributed by atoms with E-state index in [0.29, 0.717) is 11.6 Å². The summed E-state index contributed by atoms with van der Waals surface area (Å²) in [5.74, 6) is 1.10. The second-order valence-corrected chi connectivity index (χ2v) is 17.6. The Hall–Kier alpha value is -6.66. The molecule has 0 amide bonds. The molecule has 0 N–H and O–H groups in total. The molecule has 0 unspecified atom stereocenters. The van der Waals surface area contributed by atoms with Gasteiger partial charge in [0.2, 0.25) is 5.28 Å². The number of hydrogen-bond acceptors (Lipinski definition) is 4. The molecule has 0 spiro atoms. The maximum atomic E-state index is 6.65. The summed E-state index contributed by atoms with van der Waals surface area (Å²) >= 11 is 8.44. The van der Waals surface area contributed by atoms with Crippen molar-refractivity contribution in [3.63, 3.8) is 0 Å². The highest BCUT2D eigenvalue weighted by Crippen LogP contribution is 2.58. The molecule has 13 rings (SSSR count). The van der Waals surface area contributed by atoms with Gasteiger partial charge in [0, 0.05) is 64.2 Å². The Morgan fingerprint density at radius 2 is 1.17 bits per heavy atom. The Labute approximate surface area is 342 Å². The topological polar surface area (TPSA) is 43.6 Å². The zero-order valence-electron chi connectivity index (χ0n) is 31.5. The minimum Gasteiger partial charge on any atom is -0.307 e. The van der Waals surface area contributed by atoms with Crippen molar-refractivity contribution in [1.82, 2.24) is 19.5 Å². The predicted molar refractivity (Wildman–Crippen MR) is 242 cm³/mol. The number of aromatic nitrogens is 4. The van der Waals surface area contributed by atoms with Gasteiger partial charge >= 0.3 is 0 Å². The molecule has 8 aromatic carbocycles. The molecule has 4 nitrogen and oxygen atoms in total. The zero-order chi connectivity index (χ0) is 38.4. The van der Waals surface area contributed by atoms with Gasteiger partial charge in [-0.2, -0.15) is 9.97 Å². The third kappa shape index (κ3) is 4.32. The first-order valence-electron chi connectivity index (χ1n) is 19.6. The van der Waals surface area contributed by atoms with E-state index in [1.807, 2.05) is 0 Å². The van der Waals surface area contributed by atoms with Gasteiger partial charge in [-0.25, -0.2) is 4.98 Å². The molecule has 3 aromatic heterocycles. The Morgan fingerprint density at radius 1 is 0.500 bits per heavy atom. The van der Waals surface area contributed by atoms with Gasteiger partial charge in [-0.3, -0.25) is 0 Å². The molecule has 272 valence electrons. The molecule has 6 heteroatoms. The second-order valence-electron chi connectivity index (χ2n) is 16.1. The lowest BCUT2D eigenvalue weighted by atomic mass is 9.81. The van der Waals surface area contributed by atoms with Crippen LogP contribution in [0.2, 0.25) is 5.28 Å². The molecule has 0 bridgehead atoms. The fourth-order valence-electron chi connectivity index (χ4n) is 10.0. The third-order valence-electron chi connectivity index (χ3n) is 12.7. The average Bonchev–Trinajstić information content (AvgIpc) is 3.84.